The molecule has 0 atom stereocenters. The van der Waals surface area contributed by atoms with Crippen LogP contribution in [0.25, 0.3) is 11.4 Å². The Morgan fingerprint density at radius 1 is 1.27 bits per heavy atom. The number of hydrogen-bond donors (Lipinski definition) is 1. The molecule has 0 spiro atoms. The number of benzene rings is 1. The lowest BCUT2D eigenvalue weighted by molar-refractivity contribution is -0.385. The number of hydrogen-bond acceptors (Lipinski definition) is 7. The van der Waals surface area contributed by atoms with Crippen molar-refractivity contribution in [2.24, 2.45) is 0 Å². The lowest BCUT2D eigenvalue weighted by Crippen LogP contribution is -2.35. The van der Waals surface area contributed by atoms with Gasteiger partial charge in [-0.25, -0.2) is 4.98 Å². The van der Waals surface area contributed by atoms with Gasteiger partial charge in [-0.1, -0.05) is 6.07 Å². The summed E-state index contributed by atoms with van der Waals surface area (Å²) in [5.74, 6) is 0.802. The second-order valence-corrected chi connectivity index (χ2v) is 7.03. The number of nitrogens with zero attached hydrogens (tertiary/aromatic N) is 4. The Balaban J connectivity index is 1.55. The molecule has 154 valence electrons. The first kappa shape index (κ1) is 19.7. The van der Waals surface area contributed by atoms with Gasteiger partial charge in [0.15, 0.2) is 5.75 Å². The fourth-order valence-corrected chi connectivity index (χ4v) is 3.60. The van der Waals surface area contributed by atoms with Crippen LogP contribution in [0.4, 0.5) is 5.69 Å². The van der Waals surface area contributed by atoms with Crippen molar-refractivity contribution >= 4 is 5.69 Å². The number of rotatable bonds is 6. The van der Waals surface area contributed by atoms with E-state index in [1.54, 1.807) is 37.5 Å². The third kappa shape index (κ3) is 4.06. The molecule has 3 heterocycles. The van der Waals surface area contributed by atoms with Crippen molar-refractivity contribution < 1.29 is 9.66 Å². The zero-order chi connectivity index (χ0) is 21.1. The molecular weight excluding hydrogens is 386 g/mol. The molecule has 0 saturated carbocycles. The molecule has 1 aliphatic heterocycles. The van der Waals surface area contributed by atoms with Crippen LogP contribution in [0.15, 0.2) is 47.5 Å². The van der Waals surface area contributed by atoms with E-state index in [1.165, 1.54) is 6.07 Å². The number of aromatic nitrogens is 3. The van der Waals surface area contributed by atoms with Gasteiger partial charge < -0.3 is 9.72 Å². The number of pyridine rings is 1. The zero-order valence-corrected chi connectivity index (χ0v) is 16.5. The summed E-state index contributed by atoms with van der Waals surface area (Å²) in [6.45, 7) is 3.79. The molecule has 30 heavy (non-hydrogen) atoms. The van der Waals surface area contributed by atoms with E-state index in [0.29, 0.717) is 44.0 Å². The van der Waals surface area contributed by atoms with Crippen molar-refractivity contribution in [3.8, 4) is 17.1 Å². The van der Waals surface area contributed by atoms with Crippen LogP contribution < -0.4 is 10.3 Å². The second kappa shape index (κ2) is 8.42. The average Bonchev–Trinajstić information content (AvgIpc) is 2.76. The summed E-state index contributed by atoms with van der Waals surface area (Å²) in [5, 5.41) is 11.4. The molecule has 0 amide bonds. The van der Waals surface area contributed by atoms with E-state index in [2.05, 4.69) is 19.9 Å². The number of nitro groups is 1. The van der Waals surface area contributed by atoms with Gasteiger partial charge in [0.1, 0.15) is 5.82 Å². The Kier molecular flexibility index (Phi) is 5.53. The molecule has 0 radical (unpaired) electrons. The highest BCUT2D eigenvalue weighted by Crippen LogP contribution is 2.29. The highest BCUT2D eigenvalue weighted by molar-refractivity contribution is 5.54. The minimum absolute atomic E-state index is 0.0479. The number of nitro benzene ring substituents is 1. The fraction of sp³-hybridized carbons (Fsp3) is 0.286. The van der Waals surface area contributed by atoms with Gasteiger partial charge in [0.25, 0.3) is 5.56 Å². The van der Waals surface area contributed by atoms with Crippen LogP contribution in [0.1, 0.15) is 23.7 Å². The lowest BCUT2D eigenvalue weighted by Gasteiger charge is -2.27. The molecule has 0 unspecified atom stereocenters. The van der Waals surface area contributed by atoms with Crippen LogP contribution in [-0.2, 0) is 19.5 Å². The summed E-state index contributed by atoms with van der Waals surface area (Å²) < 4.78 is 5.34. The van der Waals surface area contributed by atoms with Crippen LogP contribution in [0.2, 0.25) is 0 Å². The smallest absolute Gasteiger partial charge is 0.311 e. The highest BCUT2D eigenvalue weighted by atomic mass is 16.6. The summed E-state index contributed by atoms with van der Waals surface area (Å²) in [7, 11) is 0. The van der Waals surface area contributed by atoms with Crippen molar-refractivity contribution in [1.82, 2.24) is 19.9 Å². The molecule has 3 aromatic rings. The minimum atomic E-state index is -0.435. The minimum Gasteiger partial charge on any atom is -0.487 e. The number of fused-ring (bicyclic) bond motifs is 1. The standard InChI is InChI=1S/C21H21N5O4/c1-2-30-19-4-3-14(11-18(19)26(28)29)12-25-10-7-17-16(13-25)21(27)24-20(23-17)15-5-8-22-9-6-15/h3-6,8-9,11H,2,7,10,12-13H2,1H3,(H,23,24,27). The monoisotopic (exact) mass is 407 g/mol. The third-order valence-electron chi connectivity index (χ3n) is 5.03. The van der Waals surface area contributed by atoms with Gasteiger partial charge in [-0.05, 0) is 30.7 Å². The van der Waals surface area contributed by atoms with Crippen LogP contribution in [0, 0.1) is 10.1 Å². The Bertz CT molecular complexity index is 1130. The Labute approximate surface area is 172 Å². The SMILES string of the molecule is CCOc1ccc(CN2CCc3nc(-c4ccncc4)[nH]c(=O)c3C2)cc1[N+](=O)[O-]. The van der Waals surface area contributed by atoms with E-state index >= 15 is 0 Å². The van der Waals surface area contributed by atoms with Crippen LogP contribution in [0.3, 0.4) is 0 Å². The number of H-pyrrole nitrogens is 1. The number of nitrogens with one attached hydrogen (secondary N) is 1. The molecule has 9 nitrogen and oxygen atoms in total. The van der Waals surface area contributed by atoms with Crippen molar-refractivity contribution in [1.29, 1.82) is 0 Å². The number of ether oxygens (including phenoxy) is 1. The van der Waals surface area contributed by atoms with Gasteiger partial charge in [-0.15, -0.1) is 0 Å². The fourth-order valence-electron chi connectivity index (χ4n) is 3.60. The molecule has 1 aromatic carbocycles. The zero-order valence-electron chi connectivity index (χ0n) is 16.5. The summed E-state index contributed by atoms with van der Waals surface area (Å²) in [6, 6.07) is 8.60. The van der Waals surface area contributed by atoms with Crippen LogP contribution >= 0.6 is 0 Å². The maximum atomic E-state index is 12.7. The molecule has 0 aliphatic carbocycles. The molecule has 0 bridgehead atoms. The summed E-state index contributed by atoms with van der Waals surface area (Å²) in [5.41, 5.74) is 2.84. The molecule has 0 saturated heterocycles. The van der Waals surface area contributed by atoms with E-state index in [0.717, 1.165) is 16.8 Å². The Hall–Kier alpha value is -3.59. The molecule has 0 fully saturated rings. The van der Waals surface area contributed by atoms with Gasteiger partial charge in [0.2, 0.25) is 0 Å². The van der Waals surface area contributed by atoms with Crippen LogP contribution in [-0.4, -0.2) is 37.9 Å². The first-order valence-corrected chi connectivity index (χ1v) is 9.70. The Morgan fingerprint density at radius 2 is 2.07 bits per heavy atom. The molecule has 1 N–H and O–H groups in total. The second-order valence-electron chi connectivity index (χ2n) is 7.03. The summed E-state index contributed by atoms with van der Waals surface area (Å²) in [4.78, 5) is 37.2. The van der Waals surface area contributed by atoms with Gasteiger partial charge in [-0.2, -0.15) is 0 Å². The predicted octanol–water partition coefficient (Wildman–Crippen LogP) is 2.70. The average molecular weight is 407 g/mol. The van der Waals surface area contributed by atoms with Crippen molar-refractivity contribution in [3.05, 3.63) is 80.0 Å². The quantitative estimate of drug-likeness (QED) is 0.493. The van der Waals surface area contributed by atoms with Crippen molar-refractivity contribution in [2.45, 2.75) is 26.4 Å². The molecule has 1 aliphatic rings. The highest BCUT2D eigenvalue weighted by Gasteiger charge is 2.23. The van der Waals surface area contributed by atoms with Gasteiger partial charge in [0, 0.05) is 50.1 Å². The molecule has 2 aromatic heterocycles. The predicted molar refractivity (Wildman–Crippen MR) is 110 cm³/mol. The third-order valence-corrected chi connectivity index (χ3v) is 5.03. The maximum absolute atomic E-state index is 12.7. The Morgan fingerprint density at radius 3 is 2.80 bits per heavy atom. The molecule has 9 heteroatoms. The summed E-state index contributed by atoms with van der Waals surface area (Å²) >= 11 is 0. The largest absolute Gasteiger partial charge is 0.487 e. The van der Waals surface area contributed by atoms with Gasteiger partial charge >= 0.3 is 5.69 Å². The van der Waals surface area contributed by atoms with Crippen molar-refractivity contribution in [3.63, 3.8) is 0 Å². The van der Waals surface area contributed by atoms with Crippen molar-refractivity contribution in [2.75, 3.05) is 13.2 Å². The number of aromatic amines is 1. The van der Waals surface area contributed by atoms with E-state index in [9.17, 15) is 14.9 Å². The normalized spacial score (nSPS) is 13.6. The van der Waals surface area contributed by atoms with E-state index in [1.807, 2.05) is 6.07 Å². The van der Waals surface area contributed by atoms with E-state index < -0.39 is 4.92 Å². The van der Waals surface area contributed by atoms with E-state index in [-0.39, 0.29) is 17.0 Å². The molecular formula is C21H21N5O4. The first-order valence-electron chi connectivity index (χ1n) is 9.70. The maximum Gasteiger partial charge on any atom is 0.311 e. The van der Waals surface area contributed by atoms with E-state index in [4.69, 9.17) is 4.74 Å². The topological polar surface area (TPSA) is 114 Å². The van der Waals surface area contributed by atoms with Gasteiger partial charge in [0.05, 0.1) is 22.8 Å². The lowest BCUT2D eigenvalue weighted by atomic mass is 10.1. The summed E-state index contributed by atoms with van der Waals surface area (Å²) in [6.07, 6.45) is 3.95. The first-order chi connectivity index (χ1) is 14.5. The molecule has 4 rings (SSSR count). The van der Waals surface area contributed by atoms with Crippen LogP contribution in [0.5, 0.6) is 5.75 Å². The van der Waals surface area contributed by atoms with Gasteiger partial charge in [-0.3, -0.25) is 24.8 Å².